The molecule has 4 rings (SSSR count). The summed E-state index contributed by atoms with van der Waals surface area (Å²) in [4.78, 5) is 12.9. The van der Waals surface area contributed by atoms with Crippen LogP contribution >= 0.6 is 0 Å². The third-order valence-electron chi connectivity index (χ3n) is 5.48. The largest absolute Gasteiger partial charge is 0.494 e. The number of carbonyl (C=O) groups excluding carboxylic acids is 1. The molecule has 0 radical (unpaired) electrons. The lowest BCUT2D eigenvalue weighted by molar-refractivity contribution is 0.0278. The maximum atomic E-state index is 12.9. The highest BCUT2D eigenvalue weighted by atomic mass is 16.5. The van der Waals surface area contributed by atoms with E-state index in [1.165, 1.54) is 5.56 Å². The van der Waals surface area contributed by atoms with E-state index in [4.69, 9.17) is 9.47 Å². The van der Waals surface area contributed by atoms with E-state index in [-0.39, 0.29) is 18.0 Å². The number of esters is 1. The van der Waals surface area contributed by atoms with Gasteiger partial charge in [-0.1, -0.05) is 42.5 Å². The van der Waals surface area contributed by atoms with E-state index < -0.39 is 0 Å². The molecule has 2 aromatic carbocycles. The van der Waals surface area contributed by atoms with E-state index in [2.05, 4.69) is 17.2 Å². The third kappa shape index (κ3) is 3.40. The molecule has 28 heavy (non-hydrogen) atoms. The van der Waals surface area contributed by atoms with Gasteiger partial charge in [-0.05, 0) is 43.9 Å². The molecule has 0 saturated heterocycles. The van der Waals surface area contributed by atoms with Crippen LogP contribution in [0.1, 0.15) is 46.8 Å². The standard InChI is InChI=1S/C23H24N2O3/c1-16-19(15-24-25(16)20-12-6-7-13-22(20)27-2)23(26)28-21-14-8-11-18(21)17-9-4-3-5-10-17/h3-7,9-10,12-13,15,18,21H,8,11,14H2,1-2H3/t18-,21+/m0/s1. The van der Waals surface area contributed by atoms with Crippen LogP contribution < -0.4 is 4.74 Å². The lowest BCUT2D eigenvalue weighted by Crippen LogP contribution is -2.21. The van der Waals surface area contributed by atoms with Crippen LogP contribution in [-0.4, -0.2) is 29.0 Å². The van der Waals surface area contributed by atoms with Crippen LogP contribution in [0.25, 0.3) is 5.69 Å². The Balaban J connectivity index is 1.55. The smallest absolute Gasteiger partial charge is 0.341 e. The van der Waals surface area contributed by atoms with Crippen molar-refractivity contribution in [3.05, 3.63) is 77.6 Å². The van der Waals surface area contributed by atoms with Crippen molar-refractivity contribution in [2.75, 3.05) is 7.11 Å². The summed E-state index contributed by atoms with van der Waals surface area (Å²) in [5.41, 5.74) is 3.26. The molecule has 2 atom stereocenters. The summed E-state index contributed by atoms with van der Waals surface area (Å²) >= 11 is 0. The highest BCUT2D eigenvalue weighted by Gasteiger charge is 2.32. The number of benzene rings is 2. The van der Waals surface area contributed by atoms with E-state index >= 15 is 0 Å². The van der Waals surface area contributed by atoms with Crippen molar-refractivity contribution < 1.29 is 14.3 Å². The fourth-order valence-corrected chi connectivity index (χ4v) is 4.01. The van der Waals surface area contributed by atoms with Crippen molar-refractivity contribution in [3.8, 4) is 11.4 Å². The number of carbonyl (C=O) groups is 1. The maximum Gasteiger partial charge on any atom is 0.341 e. The normalized spacial score (nSPS) is 18.8. The van der Waals surface area contributed by atoms with Gasteiger partial charge in [0.25, 0.3) is 0 Å². The van der Waals surface area contributed by atoms with Crippen molar-refractivity contribution in [1.29, 1.82) is 0 Å². The summed E-state index contributed by atoms with van der Waals surface area (Å²) < 4.78 is 13.1. The molecule has 0 aliphatic heterocycles. The predicted octanol–water partition coefficient (Wildman–Crippen LogP) is 4.68. The van der Waals surface area contributed by atoms with Crippen LogP contribution in [0.4, 0.5) is 0 Å². The second-order valence-corrected chi connectivity index (χ2v) is 7.12. The van der Waals surface area contributed by atoms with Gasteiger partial charge in [-0.15, -0.1) is 0 Å². The molecule has 144 valence electrons. The number of hydrogen-bond donors (Lipinski definition) is 0. The SMILES string of the molecule is COc1ccccc1-n1ncc(C(=O)O[C@@H]2CCC[C@H]2c2ccccc2)c1C. The highest BCUT2D eigenvalue weighted by Crippen LogP contribution is 2.37. The van der Waals surface area contributed by atoms with Gasteiger partial charge in [0.2, 0.25) is 0 Å². The van der Waals surface area contributed by atoms with Crippen molar-refractivity contribution in [1.82, 2.24) is 9.78 Å². The fraction of sp³-hybridized carbons (Fsp3) is 0.304. The topological polar surface area (TPSA) is 53.4 Å². The highest BCUT2D eigenvalue weighted by molar-refractivity contribution is 5.90. The molecule has 1 heterocycles. The average Bonchev–Trinajstić information content (AvgIpc) is 3.35. The number of nitrogens with zero attached hydrogens (tertiary/aromatic N) is 2. The van der Waals surface area contributed by atoms with E-state index in [1.807, 2.05) is 49.4 Å². The molecular formula is C23H24N2O3. The zero-order valence-electron chi connectivity index (χ0n) is 16.2. The molecule has 0 bridgehead atoms. The Hall–Kier alpha value is -3.08. The minimum Gasteiger partial charge on any atom is -0.494 e. The summed E-state index contributed by atoms with van der Waals surface area (Å²) in [6.07, 6.45) is 4.49. The van der Waals surface area contributed by atoms with E-state index in [1.54, 1.807) is 18.0 Å². The van der Waals surface area contributed by atoms with E-state index in [0.717, 1.165) is 30.6 Å². The van der Waals surface area contributed by atoms with Gasteiger partial charge in [-0.2, -0.15) is 5.10 Å². The Morgan fingerprint density at radius 3 is 2.61 bits per heavy atom. The van der Waals surface area contributed by atoms with Crippen molar-refractivity contribution in [2.45, 2.75) is 38.2 Å². The lowest BCUT2D eigenvalue weighted by atomic mass is 9.96. The number of aromatic nitrogens is 2. The first-order chi connectivity index (χ1) is 13.7. The van der Waals surface area contributed by atoms with E-state index in [0.29, 0.717) is 11.3 Å². The fourth-order valence-electron chi connectivity index (χ4n) is 4.01. The van der Waals surface area contributed by atoms with Crippen molar-refractivity contribution in [3.63, 3.8) is 0 Å². The summed E-state index contributed by atoms with van der Waals surface area (Å²) in [5, 5.41) is 4.40. The quantitative estimate of drug-likeness (QED) is 0.607. The van der Waals surface area contributed by atoms with Gasteiger partial charge in [-0.3, -0.25) is 0 Å². The zero-order valence-corrected chi connectivity index (χ0v) is 16.2. The van der Waals surface area contributed by atoms with Gasteiger partial charge in [-0.25, -0.2) is 9.48 Å². The van der Waals surface area contributed by atoms with E-state index in [9.17, 15) is 4.79 Å². The number of rotatable bonds is 5. The summed E-state index contributed by atoms with van der Waals surface area (Å²) in [5.74, 6) is 0.648. The number of hydrogen-bond acceptors (Lipinski definition) is 4. The molecule has 5 heteroatoms. The minimum atomic E-state index is -0.313. The molecule has 1 fully saturated rings. The number of para-hydroxylation sites is 2. The number of ether oxygens (including phenoxy) is 2. The van der Waals surface area contributed by atoms with Crippen LogP contribution in [0.2, 0.25) is 0 Å². The van der Waals surface area contributed by atoms with Gasteiger partial charge < -0.3 is 9.47 Å². The summed E-state index contributed by atoms with van der Waals surface area (Å²) in [6.45, 7) is 1.87. The monoisotopic (exact) mass is 376 g/mol. The second kappa shape index (κ2) is 7.89. The third-order valence-corrected chi connectivity index (χ3v) is 5.48. The Labute approximate surface area is 164 Å². The Morgan fingerprint density at radius 1 is 1.07 bits per heavy atom. The van der Waals surface area contributed by atoms with Crippen LogP contribution in [-0.2, 0) is 4.74 Å². The first-order valence-electron chi connectivity index (χ1n) is 9.63. The molecule has 3 aromatic rings. The lowest BCUT2D eigenvalue weighted by Gasteiger charge is -2.20. The predicted molar refractivity (Wildman–Crippen MR) is 107 cm³/mol. The van der Waals surface area contributed by atoms with Gasteiger partial charge in [0.05, 0.1) is 19.0 Å². The molecule has 1 aliphatic carbocycles. The molecule has 0 spiro atoms. The van der Waals surface area contributed by atoms with Crippen LogP contribution in [0, 0.1) is 6.92 Å². The van der Waals surface area contributed by atoms with Gasteiger partial charge in [0.15, 0.2) is 0 Å². The average molecular weight is 376 g/mol. The summed E-state index contributed by atoms with van der Waals surface area (Å²) in [6, 6.07) is 17.9. The molecule has 1 aliphatic rings. The minimum absolute atomic E-state index is 0.0936. The van der Waals surface area contributed by atoms with Gasteiger partial charge in [0, 0.05) is 5.92 Å². The summed E-state index contributed by atoms with van der Waals surface area (Å²) in [7, 11) is 1.62. The molecule has 1 saturated carbocycles. The molecule has 0 amide bonds. The van der Waals surface area contributed by atoms with Crippen LogP contribution in [0.3, 0.4) is 0 Å². The molecule has 0 N–H and O–H groups in total. The van der Waals surface area contributed by atoms with Gasteiger partial charge in [0.1, 0.15) is 23.1 Å². The van der Waals surface area contributed by atoms with Gasteiger partial charge >= 0.3 is 5.97 Å². The maximum absolute atomic E-state index is 12.9. The Bertz CT molecular complexity index is 965. The second-order valence-electron chi connectivity index (χ2n) is 7.12. The molecular weight excluding hydrogens is 352 g/mol. The Morgan fingerprint density at radius 2 is 1.82 bits per heavy atom. The Kier molecular flexibility index (Phi) is 5.15. The van der Waals surface area contributed by atoms with Crippen LogP contribution in [0.5, 0.6) is 5.75 Å². The van der Waals surface area contributed by atoms with Crippen molar-refractivity contribution >= 4 is 5.97 Å². The molecule has 1 aromatic heterocycles. The first kappa shape index (κ1) is 18.3. The van der Waals surface area contributed by atoms with Crippen molar-refractivity contribution in [2.24, 2.45) is 0 Å². The molecule has 5 nitrogen and oxygen atoms in total. The zero-order chi connectivity index (χ0) is 19.5. The first-order valence-corrected chi connectivity index (χ1v) is 9.63. The van der Waals surface area contributed by atoms with Crippen LogP contribution in [0.15, 0.2) is 60.8 Å². The number of methoxy groups -OCH3 is 1. The molecule has 0 unspecified atom stereocenters.